The Morgan fingerprint density at radius 1 is 1.21 bits per heavy atom. The molecule has 6 heteroatoms. The Bertz CT molecular complexity index is 886. The molecule has 0 bridgehead atoms. The van der Waals surface area contributed by atoms with Gasteiger partial charge in [0, 0.05) is 34.5 Å². The number of hydrogen-bond donors (Lipinski definition) is 2. The molecule has 0 aliphatic rings. The third kappa shape index (κ3) is 3.34. The molecule has 2 N–H and O–H groups in total. The predicted molar refractivity (Wildman–Crippen MR) is 96.1 cm³/mol. The van der Waals surface area contributed by atoms with E-state index in [1.807, 2.05) is 36.6 Å². The molecule has 1 aromatic carbocycles. The third-order valence-corrected chi connectivity index (χ3v) is 4.43. The van der Waals surface area contributed by atoms with Crippen molar-refractivity contribution in [3.63, 3.8) is 0 Å². The van der Waals surface area contributed by atoms with E-state index in [1.54, 1.807) is 30.7 Å². The summed E-state index contributed by atoms with van der Waals surface area (Å²) in [5.74, 6) is 0.0415. The number of thiazole rings is 1. The second-order valence-electron chi connectivity index (χ2n) is 5.35. The van der Waals surface area contributed by atoms with Crippen LogP contribution in [0.15, 0.2) is 40.8 Å². The highest BCUT2D eigenvalue weighted by Gasteiger charge is 2.09. The summed E-state index contributed by atoms with van der Waals surface area (Å²) in [7, 11) is 0. The summed E-state index contributed by atoms with van der Waals surface area (Å²) in [5, 5.41) is 22.5. The number of aliphatic imine (C=N–C) groups is 1. The second kappa shape index (κ2) is 6.90. The standard InChI is InChI=1S/C18H17N3O2S/c1-11-18(23)16(14(9-22)7-19-11)8-20-15-5-3-13(4-6-15)17-10-24-12(2)21-17/h3-8,10,22-23H,9H2,1-2H3. The van der Waals surface area contributed by atoms with Gasteiger partial charge in [-0.2, -0.15) is 0 Å². The number of aromatic nitrogens is 2. The average molecular weight is 339 g/mol. The van der Waals surface area contributed by atoms with Gasteiger partial charge in [-0.15, -0.1) is 11.3 Å². The van der Waals surface area contributed by atoms with Crippen molar-refractivity contribution < 1.29 is 10.2 Å². The molecular weight excluding hydrogens is 322 g/mol. The fourth-order valence-corrected chi connectivity index (χ4v) is 2.90. The first-order valence-electron chi connectivity index (χ1n) is 7.43. The van der Waals surface area contributed by atoms with Crippen molar-refractivity contribution in [2.75, 3.05) is 0 Å². The van der Waals surface area contributed by atoms with Crippen LogP contribution in [0.2, 0.25) is 0 Å². The number of rotatable bonds is 4. The van der Waals surface area contributed by atoms with Gasteiger partial charge in [0.2, 0.25) is 0 Å². The lowest BCUT2D eigenvalue weighted by atomic mass is 10.1. The van der Waals surface area contributed by atoms with Crippen molar-refractivity contribution in [2.24, 2.45) is 4.99 Å². The zero-order valence-electron chi connectivity index (χ0n) is 13.4. The van der Waals surface area contributed by atoms with Crippen molar-refractivity contribution in [1.29, 1.82) is 0 Å². The lowest BCUT2D eigenvalue weighted by Crippen LogP contribution is -1.97. The first-order chi connectivity index (χ1) is 11.6. The molecule has 0 atom stereocenters. The lowest BCUT2D eigenvalue weighted by Gasteiger charge is -2.07. The van der Waals surface area contributed by atoms with Crippen molar-refractivity contribution in [2.45, 2.75) is 20.5 Å². The molecule has 2 aromatic heterocycles. The monoisotopic (exact) mass is 339 g/mol. The topological polar surface area (TPSA) is 78.6 Å². The molecule has 3 aromatic rings. The number of aromatic hydroxyl groups is 1. The van der Waals surface area contributed by atoms with E-state index in [0.717, 1.165) is 22.0 Å². The number of aliphatic hydroxyl groups is 1. The van der Waals surface area contributed by atoms with E-state index >= 15 is 0 Å². The molecule has 0 radical (unpaired) electrons. The molecule has 0 saturated heterocycles. The van der Waals surface area contributed by atoms with Crippen LogP contribution < -0.4 is 0 Å². The van der Waals surface area contributed by atoms with Gasteiger partial charge in [0.25, 0.3) is 0 Å². The molecular formula is C18H17N3O2S. The average Bonchev–Trinajstić information content (AvgIpc) is 3.03. The Kier molecular flexibility index (Phi) is 4.69. The Hall–Kier alpha value is -2.57. The number of aliphatic hydroxyl groups excluding tert-OH is 1. The Morgan fingerprint density at radius 2 is 1.96 bits per heavy atom. The summed E-state index contributed by atoms with van der Waals surface area (Å²) >= 11 is 1.62. The van der Waals surface area contributed by atoms with Crippen LogP contribution in [0.3, 0.4) is 0 Å². The van der Waals surface area contributed by atoms with E-state index in [-0.39, 0.29) is 12.4 Å². The van der Waals surface area contributed by atoms with Gasteiger partial charge in [0.05, 0.1) is 28.7 Å². The summed E-state index contributed by atoms with van der Waals surface area (Å²) in [6.07, 6.45) is 3.10. The zero-order chi connectivity index (χ0) is 17.1. The Morgan fingerprint density at radius 3 is 2.58 bits per heavy atom. The van der Waals surface area contributed by atoms with Gasteiger partial charge in [0.1, 0.15) is 5.75 Å². The van der Waals surface area contributed by atoms with Gasteiger partial charge >= 0.3 is 0 Å². The molecule has 122 valence electrons. The number of nitrogens with zero attached hydrogens (tertiary/aromatic N) is 3. The smallest absolute Gasteiger partial charge is 0.145 e. The quantitative estimate of drug-likeness (QED) is 0.709. The molecule has 0 aliphatic carbocycles. The molecule has 0 fully saturated rings. The zero-order valence-corrected chi connectivity index (χ0v) is 14.2. The van der Waals surface area contributed by atoms with Gasteiger partial charge in [-0.25, -0.2) is 4.98 Å². The van der Waals surface area contributed by atoms with E-state index in [4.69, 9.17) is 0 Å². The summed E-state index contributed by atoms with van der Waals surface area (Å²) in [6, 6.07) is 7.71. The first kappa shape index (κ1) is 16.3. The summed E-state index contributed by atoms with van der Waals surface area (Å²) in [6.45, 7) is 3.48. The maximum absolute atomic E-state index is 10.1. The molecule has 0 amide bonds. The second-order valence-corrected chi connectivity index (χ2v) is 6.41. The molecule has 0 aliphatic heterocycles. The molecule has 3 rings (SSSR count). The van der Waals surface area contributed by atoms with E-state index in [1.165, 1.54) is 0 Å². The lowest BCUT2D eigenvalue weighted by molar-refractivity contribution is 0.280. The maximum atomic E-state index is 10.1. The van der Waals surface area contributed by atoms with Crippen LogP contribution in [0, 0.1) is 13.8 Å². The van der Waals surface area contributed by atoms with Crippen LogP contribution in [-0.4, -0.2) is 26.4 Å². The molecule has 5 nitrogen and oxygen atoms in total. The number of hydrogen-bond acceptors (Lipinski definition) is 6. The minimum Gasteiger partial charge on any atom is -0.505 e. The van der Waals surface area contributed by atoms with Gasteiger partial charge in [-0.1, -0.05) is 12.1 Å². The molecule has 0 saturated carbocycles. The van der Waals surface area contributed by atoms with Crippen LogP contribution in [-0.2, 0) is 6.61 Å². The van der Waals surface area contributed by atoms with Crippen LogP contribution in [0.25, 0.3) is 11.3 Å². The van der Waals surface area contributed by atoms with Crippen LogP contribution in [0.5, 0.6) is 5.75 Å². The normalized spacial score (nSPS) is 11.3. The van der Waals surface area contributed by atoms with Crippen molar-refractivity contribution in [3.8, 4) is 17.0 Å². The fraction of sp³-hybridized carbons (Fsp3) is 0.167. The Balaban J connectivity index is 1.86. The fourth-order valence-electron chi connectivity index (χ4n) is 2.28. The van der Waals surface area contributed by atoms with Crippen molar-refractivity contribution >= 4 is 23.2 Å². The molecule has 0 spiro atoms. The molecule has 0 unspecified atom stereocenters. The highest BCUT2D eigenvalue weighted by molar-refractivity contribution is 7.09. The number of pyridine rings is 1. The maximum Gasteiger partial charge on any atom is 0.145 e. The summed E-state index contributed by atoms with van der Waals surface area (Å²) in [5.41, 5.74) is 4.28. The largest absolute Gasteiger partial charge is 0.505 e. The number of aryl methyl sites for hydroxylation is 2. The van der Waals surface area contributed by atoms with Crippen LogP contribution >= 0.6 is 11.3 Å². The molecule has 24 heavy (non-hydrogen) atoms. The number of benzene rings is 1. The van der Waals surface area contributed by atoms with Crippen molar-refractivity contribution in [1.82, 2.24) is 9.97 Å². The van der Waals surface area contributed by atoms with E-state index in [2.05, 4.69) is 15.0 Å². The first-order valence-corrected chi connectivity index (χ1v) is 8.31. The minimum absolute atomic E-state index is 0.0415. The SMILES string of the molecule is Cc1nc(-c2ccc(N=Cc3c(CO)cnc(C)c3O)cc2)cs1. The minimum atomic E-state index is -0.204. The van der Waals surface area contributed by atoms with Gasteiger partial charge < -0.3 is 10.2 Å². The van der Waals surface area contributed by atoms with Crippen LogP contribution in [0.4, 0.5) is 5.69 Å². The van der Waals surface area contributed by atoms with Crippen LogP contribution in [0.1, 0.15) is 21.8 Å². The van der Waals surface area contributed by atoms with E-state index in [9.17, 15) is 10.2 Å². The Labute approximate surface area is 144 Å². The highest BCUT2D eigenvalue weighted by atomic mass is 32.1. The third-order valence-electron chi connectivity index (χ3n) is 3.65. The van der Waals surface area contributed by atoms with E-state index < -0.39 is 0 Å². The predicted octanol–water partition coefficient (Wildman–Crippen LogP) is 3.77. The van der Waals surface area contributed by atoms with Gasteiger partial charge in [-0.3, -0.25) is 9.98 Å². The molecule has 2 heterocycles. The summed E-state index contributed by atoms with van der Waals surface area (Å²) < 4.78 is 0. The van der Waals surface area contributed by atoms with Crippen molar-refractivity contribution in [3.05, 3.63) is 57.7 Å². The van der Waals surface area contributed by atoms with E-state index in [0.29, 0.717) is 16.8 Å². The van der Waals surface area contributed by atoms with Gasteiger partial charge in [-0.05, 0) is 26.0 Å². The van der Waals surface area contributed by atoms with Gasteiger partial charge in [0.15, 0.2) is 0 Å². The highest BCUT2D eigenvalue weighted by Crippen LogP contribution is 2.25. The summed E-state index contributed by atoms with van der Waals surface area (Å²) in [4.78, 5) is 12.9.